The molecule has 0 bridgehead atoms. The lowest BCUT2D eigenvalue weighted by molar-refractivity contribution is 0.796. The Kier molecular flexibility index (Phi) is 4.20. The van der Waals surface area contributed by atoms with Crippen LogP contribution in [-0.4, -0.2) is 8.24 Å². The molecule has 0 unspecified atom stereocenters. The van der Waals surface area contributed by atoms with Crippen molar-refractivity contribution in [2.75, 3.05) is 4.98 Å². The summed E-state index contributed by atoms with van der Waals surface area (Å²) in [7, 11) is -1.77. The highest BCUT2D eigenvalue weighted by atomic mass is 28.3. The van der Waals surface area contributed by atoms with Gasteiger partial charge in [-0.2, -0.15) is 0 Å². The smallest absolute Gasteiger partial charge is 0.161 e. The molecule has 0 fully saturated rings. The summed E-state index contributed by atoms with van der Waals surface area (Å²) >= 11 is 0. The van der Waals surface area contributed by atoms with E-state index in [9.17, 15) is 0 Å². The van der Waals surface area contributed by atoms with Crippen molar-refractivity contribution in [3.05, 3.63) is 51.6 Å². The molecule has 0 radical (unpaired) electrons. The second-order valence-electron chi connectivity index (χ2n) is 7.64. The van der Waals surface area contributed by atoms with Gasteiger partial charge in [0.25, 0.3) is 0 Å². The average molecular weight is 314 g/mol. The second-order valence-corrected chi connectivity index (χ2v) is 12.1. The molecule has 1 nitrogen and oxygen atoms in total. The summed E-state index contributed by atoms with van der Waals surface area (Å²) in [5.41, 5.74) is 10.1. The van der Waals surface area contributed by atoms with Crippen molar-refractivity contribution >= 4 is 13.9 Å². The van der Waals surface area contributed by atoms with Gasteiger partial charge in [-0.05, 0) is 63.8 Å². The van der Waals surface area contributed by atoms with Crippen LogP contribution in [0, 0.1) is 13.8 Å². The zero-order valence-corrected chi connectivity index (χ0v) is 16.7. The molecule has 2 heteroatoms. The quantitative estimate of drug-likeness (QED) is 0.639. The maximum atomic E-state index is 4.01. The van der Waals surface area contributed by atoms with E-state index >= 15 is 0 Å². The molecule has 1 N–H and O–H groups in total. The van der Waals surface area contributed by atoms with Gasteiger partial charge >= 0.3 is 0 Å². The van der Waals surface area contributed by atoms with Crippen molar-refractivity contribution in [2.24, 2.45) is 0 Å². The van der Waals surface area contributed by atoms with E-state index in [1.54, 1.807) is 11.1 Å². The molecule has 1 aromatic carbocycles. The molecule has 0 saturated carbocycles. The molecular weight excluding hydrogens is 282 g/mol. The van der Waals surface area contributed by atoms with Crippen LogP contribution >= 0.6 is 0 Å². The summed E-state index contributed by atoms with van der Waals surface area (Å²) in [5, 5.41) is 0.176. The van der Waals surface area contributed by atoms with E-state index < -0.39 is 8.24 Å². The lowest BCUT2D eigenvalue weighted by Crippen LogP contribution is -2.49. The average Bonchev–Trinajstić information content (AvgIpc) is 2.60. The van der Waals surface area contributed by atoms with Crippen LogP contribution in [0.2, 0.25) is 18.1 Å². The first kappa shape index (κ1) is 17.1. The van der Waals surface area contributed by atoms with Gasteiger partial charge in [-0.25, -0.2) is 0 Å². The summed E-state index contributed by atoms with van der Waals surface area (Å²) in [6.45, 7) is 21.0. The summed E-state index contributed by atoms with van der Waals surface area (Å²) in [6.07, 6.45) is 0. The first-order valence-corrected chi connectivity index (χ1v) is 11.2. The SMILES string of the molecule is CC1=C(C)C(C)([Si](C)(C)Nc2c(C)cccc2C)C(C)=C1C. The first-order valence-electron chi connectivity index (χ1n) is 8.24. The Hall–Kier alpha value is -1.28. The third-order valence-electron chi connectivity index (χ3n) is 6.36. The second kappa shape index (κ2) is 5.41. The summed E-state index contributed by atoms with van der Waals surface area (Å²) < 4.78 is 0. The largest absolute Gasteiger partial charge is 0.409 e. The third-order valence-corrected chi connectivity index (χ3v) is 10.5. The van der Waals surface area contributed by atoms with Crippen LogP contribution in [0.15, 0.2) is 40.5 Å². The van der Waals surface area contributed by atoms with Crippen molar-refractivity contribution in [3.63, 3.8) is 0 Å². The van der Waals surface area contributed by atoms with Crippen LogP contribution < -0.4 is 4.98 Å². The Morgan fingerprint density at radius 1 is 0.818 bits per heavy atom. The first-order chi connectivity index (χ1) is 10.0. The predicted molar refractivity (Wildman–Crippen MR) is 102 cm³/mol. The van der Waals surface area contributed by atoms with Crippen molar-refractivity contribution in [1.29, 1.82) is 0 Å². The van der Waals surface area contributed by atoms with Gasteiger partial charge < -0.3 is 4.98 Å². The molecule has 0 heterocycles. The van der Waals surface area contributed by atoms with Gasteiger partial charge in [0.2, 0.25) is 0 Å². The van der Waals surface area contributed by atoms with E-state index in [4.69, 9.17) is 0 Å². The number of anilines is 1. The monoisotopic (exact) mass is 313 g/mol. The minimum absolute atomic E-state index is 0.176. The van der Waals surface area contributed by atoms with Gasteiger partial charge in [0.1, 0.15) is 0 Å². The number of allylic oxidation sites excluding steroid dienone is 4. The molecule has 2 rings (SSSR count). The molecule has 0 atom stereocenters. The molecule has 1 aliphatic rings. The van der Waals surface area contributed by atoms with Gasteiger partial charge in [-0.1, -0.05) is 49.4 Å². The molecule has 0 spiro atoms. The predicted octanol–water partition coefficient (Wildman–Crippen LogP) is 6.37. The fourth-order valence-electron chi connectivity index (χ4n) is 3.98. The number of benzene rings is 1. The van der Waals surface area contributed by atoms with E-state index in [0.717, 1.165) is 0 Å². The number of para-hydroxylation sites is 1. The van der Waals surface area contributed by atoms with Gasteiger partial charge in [-0.15, -0.1) is 0 Å². The Labute approximate surface area is 137 Å². The van der Waals surface area contributed by atoms with Gasteiger partial charge in [-0.3, -0.25) is 0 Å². The van der Waals surface area contributed by atoms with Crippen LogP contribution in [0.4, 0.5) is 5.69 Å². The highest BCUT2D eigenvalue weighted by molar-refractivity contribution is 6.84. The minimum atomic E-state index is -1.77. The molecule has 22 heavy (non-hydrogen) atoms. The van der Waals surface area contributed by atoms with E-state index in [1.165, 1.54) is 28.0 Å². The van der Waals surface area contributed by atoms with E-state index in [2.05, 4.69) is 84.7 Å². The van der Waals surface area contributed by atoms with E-state index in [-0.39, 0.29) is 5.04 Å². The fraction of sp³-hybridized carbons (Fsp3) is 0.500. The number of hydrogen-bond donors (Lipinski definition) is 1. The highest BCUT2D eigenvalue weighted by Crippen LogP contribution is 2.58. The van der Waals surface area contributed by atoms with Crippen LogP contribution in [-0.2, 0) is 0 Å². The van der Waals surface area contributed by atoms with Crippen LogP contribution in [0.1, 0.15) is 45.7 Å². The summed E-state index contributed by atoms with van der Waals surface area (Å²) in [4.78, 5) is 4.01. The zero-order valence-electron chi connectivity index (χ0n) is 15.7. The van der Waals surface area contributed by atoms with Crippen molar-refractivity contribution in [2.45, 2.75) is 66.6 Å². The number of aryl methyl sites for hydroxylation is 2. The number of hydrogen-bond acceptors (Lipinski definition) is 1. The molecule has 1 aromatic rings. The van der Waals surface area contributed by atoms with Gasteiger partial charge in [0.05, 0.1) is 0 Å². The Bertz CT molecular complexity index is 633. The van der Waals surface area contributed by atoms with Crippen LogP contribution in [0.25, 0.3) is 0 Å². The van der Waals surface area contributed by atoms with Gasteiger partial charge in [0.15, 0.2) is 8.24 Å². The molecule has 0 aliphatic heterocycles. The van der Waals surface area contributed by atoms with Crippen molar-refractivity contribution in [1.82, 2.24) is 0 Å². The molecular formula is C20H31NSi. The number of rotatable bonds is 3. The highest BCUT2D eigenvalue weighted by Gasteiger charge is 2.50. The summed E-state index contributed by atoms with van der Waals surface area (Å²) in [5.74, 6) is 0. The maximum Gasteiger partial charge on any atom is 0.161 e. The molecule has 0 aromatic heterocycles. The van der Waals surface area contributed by atoms with E-state index in [1.807, 2.05) is 0 Å². The molecule has 120 valence electrons. The van der Waals surface area contributed by atoms with Crippen LogP contribution in [0.5, 0.6) is 0 Å². The van der Waals surface area contributed by atoms with Gasteiger partial charge in [0, 0.05) is 10.7 Å². The summed E-state index contributed by atoms with van der Waals surface area (Å²) in [6, 6.07) is 6.56. The topological polar surface area (TPSA) is 12.0 Å². The van der Waals surface area contributed by atoms with Crippen LogP contribution in [0.3, 0.4) is 0 Å². The Morgan fingerprint density at radius 2 is 1.23 bits per heavy atom. The minimum Gasteiger partial charge on any atom is -0.409 e. The molecule has 1 aliphatic carbocycles. The van der Waals surface area contributed by atoms with Crippen molar-refractivity contribution in [3.8, 4) is 0 Å². The zero-order chi connectivity index (χ0) is 16.9. The lowest BCUT2D eigenvalue weighted by atomic mass is 9.98. The lowest BCUT2D eigenvalue weighted by Gasteiger charge is -2.44. The molecule has 0 amide bonds. The fourth-order valence-corrected chi connectivity index (χ4v) is 7.50. The molecule has 0 saturated heterocycles. The Balaban J connectivity index is 2.52. The maximum absolute atomic E-state index is 4.01. The van der Waals surface area contributed by atoms with E-state index in [0.29, 0.717) is 0 Å². The Morgan fingerprint density at radius 3 is 1.64 bits per heavy atom. The number of nitrogens with one attached hydrogen (secondary N) is 1. The standard InChI is InChI=1S/C20H31NSi/c1-13-11-10-12-14(2)19(13)21-22(8,9)20(7)17(5)15(3)16(4)18(20)6/h10-12,21H,1-9H3. The van der Waals surface area contributed by atoms with Crippen molar-refractivity contribution < 1.29 is 0 Å². The third kappa shape index (κ3) is 2.28. The normalized spacial score (nSPS) is 18.2.